The highest BCUT2D eigenvalue weighted by Gasteiger charge is 2.17. The summed E-state index contributed by atoms with van der Waals surface area (Å²) in [6.07, 6.45) is 2.70. The van der Waals surface area contributed by atoms with Crippen molar-refractivity contribution >= 4 is 23.1 Å². The smallest absolute Gasteiger partial charge is 0.224 e. The van der Waals surface area contributed by atoms with Crippen molar-refractivity contribution in [3.63, 3.8) is 0 Å². The van der Waals surface area contributed by atoms with Gasteiger partial charge in [-0.05, 0) is 43.1 Å². The summed E-state index contributed by atoms with van der Waals surface area (Å²) in [6.45, 7) is 4.16. The number of halogens is 2. The van der Waals surface area contributed by atoms with Gasteiger partial charge >= 0.3 is 0 Å². The van der Waals surface area contributed by atoms with E-state index < -0.39 is 0 Å². The number of rotatable bonds is 5. The van der Waals surface area contributed by atoms with E-state index in [9.17, 15) is 4.39 Å². The third-order valence-corrected chi connectivity index (χ3v) is 4.10. The van der Waals surface area contributed by atoms with Crippen molar-refractivity contribution in [1.82, 2.24) is 15.3 Å². The lowest BCUT2D eigenvalue weighted by Crippen LogP contribution is -2.24. The van der Waals surface area contributed by atoms with E-state index in [1.165, 1.54) is 6.07 Å². The van der Waals surface area contributed by atoms with Gasteiger partial charge in [0.25, 0.3) is 0 Å². The molecule has 1 atom stereocenters. The second-order valence-electron chi connectivity index (χ2n) is 5.63. The molecule has 7 heteroatoms. The maximum atomic E-state index is 13.9. The average Bonchev–Trinajstić information content (AvgIpc) is 3.01. The predicted molar refractivity (Wildman–Crippen MR) is 90.4 cm³/mol. The number of hydrogen-bond acceptors (Lipinski definition) is 5. The molecule has 3 N–H and O–H groups in total. The minimum Gasteiger partial charge on any atom is -0.378 e. The van der Waals surface area contributed by atoms with Crippen LogP contribution in [0.2, 0.25) is 5.28 Å². The molecule has 0 aliphatic carbocycles. The minimum absolute atomic E-state index is 0.198. The first-order valence-electron chi connectivity index (χ1n) is 7.61. The summed E-state index contributed by atoms with van der Waals surface area (Å²) >= 11 is 5.91. The number of benzene rings is 1. The Morgan fingerprint density at radius 1 is 1.43 bits per heavy atom. The topological polar surface area (TPSA) is 61.9 Å². The van der Waals surface area contributed by atoms with Gasteiger partial charge in [-0.3, -0.25) is 0 Å². The quantitative estimate of drug-likeness (QED) is 0.733. The van der Waals surface area contributed by atoms with E-state index in [2.05, 4.69) is 25.9 Å². The molecule has 1 aromatic heterocycles. The molecular weight excluding hydrogens is 317 g/mol. The first kappa shape index (κ1) is 16.0. The van der Waals surface area contributed by atoms with Crippen LogP contribution in [0.15, 0.2) is 24.4 Å². The Hall–Kier alpha value is -1.92. The van der Waals surface area contributed by atoms with E-state index in [4.69, 9.17) is 11.6 Å². The number of aryl methyl sites for hydroxylation is 1. The van der Waals surface area contributed by atoms with Gasteiger partial charge in [0, 0.05) is 30.9 Å². The van der Waals surface area contributed by atoms with Gasteiger partial charge in [-0.25, -0.2) is 14.4 Å². The summed E-state index contributed by atoms with van der Waals surface area (Å²) in [5.41, 5.74) is 2.20. The summed E-state index contributed by atoms with van der Waals surface area (Å²) in [7, 11) is 0. The lowest BCUT2D eigenvalue weighted by molar-refractivity contribution is 0.629. The number of aromatic nitrogens is 2. The Labute approximate surface area is 139 Å². The van der Waals surface area contributed by atoms with Gasteiger partial charge in [0.2, 0.25) is 5.28 Å². The molecule has 3 rings (SSSR count). The van der Waals surface area contributed by atoms with Gasteiger partial charge in [0.05, 0.1) is 5.69 Å². The van der Waals surface area contributed by atoms with E-state index in [-0.39, 0.29) is 11.1 Å². The third-order valence-electron chi connectivity index (χ3n) is 3.91. The Kier molecular flexibility index (Phi) is 4.93. The molecule has 122 valence electrons. The molecule has 5 nitrogen and oxygen atoms in total. The van der Waals surface area contributed by atoms with E-state index in [1.54, 1.807) is 12.3 Å². The van der Waals surface area contributed by atoms with Gasteiger partial charge in [-0.2, -0.15) is 0 Å². The SMILES string of the molecule is Cc1cccc(F)c1NCc1cnc(Cl)nc1N[C@@H]1CCNC1. The lowest BCUT2D eigenvalue weighted by atomic mass is 10.2. The van der Waals surface area contributed by atoms with Gasteiger partial charge in [0.15, 0.2) is 0 Å². The molecule has 0 saturated carbocycles. The second-order valence-corrected chi connectivity index (χ2v) is 5.97. The van der Waals surface area contributed by atoms with Crippen molar-refractivity contribution in [2.75, 3.05) is 23.7 Å². The first-order chi connectivity index (χ1) is 11.1. The summed E-state index contributed by atoms with van der Waals surface area (Å²) in [4.78, 5) is 8.31. The Morgan fingerprint density at radius 2 is 2.30 bits per heavy atom. The molecule has 2 aromatic rings. The van der Waals surface area contributed by atoms with Crippen molar-refractivity contribution in [1.29, 1.82) is 0 Å². The molecule has 0 amide bonds. The maximum absolute atomic E-state index is 13.9. The summed E-state index contributed by atoms with van der Waals surface area (Å²) in [6, 6.07) is 5.32. The van der Waals surface area contributed by atoms with Gasteiger partial charge in [-0.1, -0.05) is 12.1 Å². The molecule has 1 aromatic carbocycles. The van der Waals surface area contributed by atoms with Crippen LogP contribution < -0.4 is 16.0 Å². The first-order valence-corrected chi connectivity index (χ1v) is 7.99. The fourth-order valence-corrected chi connectivity index (χ4v) is 2.78. The van der Waals surface area contributed by atoms with Crippen LogP contribution in [0.3, 0.4) is 0 Å². The molecule has 1 aliphatic heterocycles. The zero-order chi connectivity index (χ0) is 16.2. The number of para-hydroxylation sites is 1. The van der Waals surface area contributed by atoms with Crippen molar-refractivity contribution < 1.29 is 4.39 Å². The van der Waals surface area contributed by atoms with E-state index in [0.29, 0.717) is 24.1 Å². The van der Waals surface area contributed by atoms with E-state index in [0.717, 1.165) is 30.6 Å². The lowest BCUT2D eigenvalue weighted by Gasteiger charge is -2.17. The van der Waals surface area contributed by atoms with Crippen LogP contribution in [-0.4, -0.2) is 29.1 Å². The minimum atomic E-state index is -0.269. The average molecular weight is 336 g/mol. The highest BCUT2D eigenvalue weighted by Crippen LogP contribution is 2.22. The van der Waals surface area contributed by atoms with Gasteiger partial charge in [0.1, 0.15) is 11.6 Å². The van der Waals surface area contributed by atoms with E-state index >= 15 is 0 Å². The number of nitrogens with zero attached hydrogens (tertiary/aromatic N) is 2. The van der Waals surface area contributed by atoms with Crippen LogP contribution in [0.1, 0.15) is 17.5 Å². The van der Waals surface area contributed by atoms with Crippen LogP contribution in [0.4, 0.5) is 15.9 Å². The normalized spacial score (nSPS) is 17.3. The highest BCUT2D eigenvalue weighted by atomic mass is 35.5. The van der Waals surface area contributed by atoms with Crippen LogP contribution in [-0.2, 0) is 6.54 Å². The molecule has 2 heterocycles. The van der Waals surface area contributed by atoms with Crippen molar-refractivity contribution in [2.45, 2.75) is 25.9 Å². The maximum Gasteiger partial charge on any atom is 0.224 e. The van der Waals surface area contributed by atoms with E-state index in [1.807, 2.05) is 13.0 Å². The molecule has 0 radical (unpaired) electrons. The number of hydrogen-bond donors (Lipinski definition) is 3. The zero-order valence-corrected chi connectivity index (χ0v) is 13.6. The van der Waals surface area contributed by atoms with Crippen LogP contribution >= 0.6 is 11.6 Å². The summed E-state index contributed by atoms with van der Waals surface area (Å²) in [5, 5.41) is 10.0. The standard InChI is InChI=1S/C16H19ClFN5/c1-10-3-2-4-13(18)14(10)20-7-11-8-21-16(17)23-15(11)22-12-5-6-19-9-12/h2-4,8,12,19-20H,5-7,9H2,1H3,(H,21,22,23)/t12-/m1/s1. The van der Waals surface area contributed by atoms with Crippen LogP contribution in [0.25, 0.3) is 0 Å². The highest BCUT2D eigenvalue weighted by molar-refractivity contribution is 6.28. The van der Waals surface area contributed by atoms with Crippen LogP contribution in [0, 0.1) is 12.7 Å². The number of nitrogens with one attached hydrogen (secondary N) is 3. The fraction of sp³-hybridized carbons (Fsp3) is 0.375. The zero-order valence-electron chi connectivity index (χ0n) is 12.9. The van der Waals surface area contributed by atoms with Crippen LogP contribution in [0.5, 0.6) is 0 Å². The van der Waals surface area contributed by atoms with Gasteiger partial charge < -0.3 is 16.0 Å². The molecule has 0 unspecified atom stereocenters. The second kappa shape index (κ2) is 7.10. The van der Waals surface area contributed by atoms with Crippen molar-refractivity contribution in [2.24, 2.45) is 0 Å². The molecule has 1 fully saturated rings. The molecular formula is C16H19ClFN5. The summed E-state index contributed by atoms with van der Waals surface area (Å²) < 4.78 is 13.9. The van der Waals surface area contributed by atoms with Crippen molar-refractivity contribution in [3.05, 3.63) is 46.6 Å². The third kappa shape index (κ3) is 3.89. The monoisotopic (exact) mass is 335 g/mol. The predicted octanol–water partition coefficient (Wildman–Crippen LogP) is 2.96. The Balaban J connectivity index is 1.76. The molecule has 23 heavy (non-hydrogen) atoms. The Bertz CT molecular complexity index is 668. The molecule has 1 saturated heterocycles. The Morgan fingerprint density at radius 3 is 3.04 bits per heavy atom. The molecule has 0 spiro atoms. The molecule has 0 bridgehead atoms. The fourth-order valence-electron chi connectivity index (χ4n) is 2.65. The van der Waals surface area contributed by atoms with Crippen molar-refractivity contribution in [3.8, 4) is 0 Å². The molecule has 1 aliphatic rings. The van der Waals surface area contributed by atoms with Gasteiger partial charge in [-0.15, -0.1) is 0 Å². The number of anilines is 2. The largest absolute Gasteiger partial charge is 0.378 e. The summed E-state index contributed by atoms with van der Waals surface area (Å²) in [5.74, 6) is 0.426.